The molecule has 22 heavy (non-hydrogen) atoms. The topological polar surface area (TPSA) is 60.2 Å². The van der Waals surface area contributed by atoms with Gasteiger partial charge in [-0.15, -0.1) is 0 Å². The second-order valence-electron chi connectivity index (χ2n) is 5.23. The van der Waals surface area contributed by atoms with Gasteiger partial charge in [-0.3, -0.25) is 0 Å². The number of aliphatic hydroxyl groups excluding tert-OH is 1. The summed E-state index contributed by atoms with van der Waals surface area (Å²) < 4.78 is 27.5. The number of benzene rings is 1. The van der Waals surface area contributed by atoms with E-state index in [0.717, 1.165) is 18.2 Å². The van der Waals surface area contributed by atoms with Gasteiger partial charge in [0.1, 0.15) is 23.4 Å². The van der Waals surface area contributed by atoms with Gasteiger partial charge in [0.2, 0.25) is 0 Å². The van der Waals surface area contributed by atoms with Crippen molar-refractivity contribution in [2.24, 2.45) is 0 Å². The maximum absolute atomic E-state index is 14.0. The molecule has 2 aromatic rings. The molecule has 6 heteroatoms. The van der Waals surface area contributed by atoms with Gasteiger partial charge in [-0.05, 0) is 36.8 Å². The highest BCUT2D eigenvalue weighted by atomic mass is 19.1. The summed E-state index contributed by atoms with van der Waals surface area (Å²) in [6, 6.07) is 8.01. The van der Waals surface area contributed by atoms with Crippen molar-refractivity contribution in [3.8, 4) is 6.07 Å². The molecular formula is C16H13F2N3O. The first kappa shape index (κ1) is 14.4. The molecule has 0 bridgehead atoms. The Bertz CT molecular complexity index is 744. The van der Waals surface area contributed by atoms with Crippen molar-refractivity contribution in [1.82, 2.24) is 4.98 Å². The van der Waals surface area contributed by atoms with E-state index in [1.807, 2.05) is 6.07 Å². The average Bonchev–Trinajstić information content (AvgIpc) is 2.91. The number of nitriles is 1. The van der Waals surface area contributed by atoms with Gasteiger partial charge in [-0.1, -0.05) is 0 Å². The first-order valence-corrected chi connectivity index (χ1v) is 6.84. The minimum Gasteiger partial charge on any atom is -0.391 e. The molecule has 0 aliphatic carbocycles. The minimum atomic E-state index is -0.647. The summed E-state index contributed by atoms with van der Waals surface area (Å²) >= 11 is 0. The zero-order chi connectivity index (χ0) is 15.7. The molecule has 0 amide bonds. The zero-order valence-corrected chi connectivity index (χ0v) is 11.6. The number of aromatic nitrogens is 1. The third-order valence-corrected chi connectivity index (χ3v) is 3.79. The number of halogens is 2. The van der Waals surface area contributed by atoms with Crippen LogP contribution < -0.4 is 4.90 Å². The largest absolute Gasteiger partial charge is 0.391 e. The van der Waals surface area contributed by atoms with Crippen LogP contribution >= 0.6 is 0 Å². The minimum absolute atomic E-state index is 0.201. The molecule has 4 nitrogen and oxygen atoms in total. The highest BCUT2D eigenvalue weighted by Crippen LogP contribution is 2.37. The van der Waals surface area contributed by atoms with Gasteiger partial charge in [0, 0.05) is 24.0 Å². The average molecular weight is 301 g/mol. The van der Waals surface area contributed by atoms with Gasteiger partial charge in [-0.2, -0.15) is 5.26 Å². The van der Waals surface area contributed by atoms with Crippen LogP contribution in [0.2, 0.25) is 0 Å². The maximum atomic E-state index is 14.0. The molecule has 1 aliphatic heterocycles. The van der Waals surface area contributed by atoms with E-state index in [9.17, 15) is 13.9 Å². The number of hydrogen-bond acceptors (Lipinski definition) is 4. The molecule has 1 aliphatic rings. The smallest absolute Gasteiger partial charge is 0.142 e. The van der Waals surface area contributed by atoms with Gasteiger partial charge in [0.15, 0.2) is 0 Å². The van der Waals surface area contributed by atoms with Crippen molar-refractivity contribution in [1.29, 1.82) is 5.26 Å². The lowest BCUT2D eigenvalue weighted by Crippen LogP contribution is -2.25. The van der Waals surface area contributed by atoms with Crippen LogP contribution in [0, 0.1) is 23.0 Å². The lowest BCUT2D eigenvalue weighted by Gasteiger charge is -2.27. The molecule has 1 aromatic heterocycles. The van der Waals surface area contributed by atoms with Gasteiger partial charge in [0.25, 0.3) is 0 Å². The second kappa shape index (κ2) is 5.70. The van der Waals surface area contributed by atoms with Gasteiger partial charge in [-0.25, -0.2) is 13.8 Å². The van der Waals surface area contributed by atoms with E-state index in [2.05, 4.69) is 4.98 Å². The lowest BCUT2D eigenvalue weighted by molar-refractivity contribution is 0.194. The van der Waals surface area contributed by atoms with Crippen molar-refractivity contribution in [3.63, 3.8) is 0 Å². The molecule has 1 aromatic carbocycles. The third kappa shape index (κ3) is 2.63. The van der Waals surface area contributed by atoms with Crippen LogP contribution in [0.1, 0.15) is 23.7 Å². The van der Waals surface area contributed by atoms with E-state index in [1.165, 1.54) is 6.20 Å². The van der Waals surface area contributed by atoms with Crippen molar-refractivity contribution < 1.29 is 13.9 Å². The Morgan fingerprint density at radius 2 is 2.09 bits per heavy atom. The predicted molar refractivity (Wildman–Crippen MR) is 76.0 cm³/mol. The SMILES string of the molecule is N#Cc1cc(N2C[C@H](O)C[C@@H]2c2cc(F)ccc2F)ccn1. The van der Waals surface area contributed by atoms with E-state index in [0.29, 0.717) is 12.1 Å². The molecule has 2 atom stereocenters. The van der Waals surface area contributed by atoms with E-state index in [-0.39, 0.29) is 17.8 Å². The van der Waals surface area contributed by atoms with Crippen LogP contribution in [-0.4, -0.2) is 22.7 Å². The van der Waals surface area contributed by atoms with Crippen LogP contribution in [0.4, 0.5) is 14.5 Å². The molecule has 0 unspecified atom stereocenters. The summed E-state index contributed by atoms with van der Waals surface area (Å²) in [5.41, 5.74) is 1.08. The summed E-state index contributed by atoms with van der Waals surface area (Å²) in [6.45, 7) is 0.287. The fourth-order valence-corrected chi connectivity index (χ4v) is 2.82. The fourth-order valence-electron chi connectivity index (χ4n) is 2.82. The van der Waals surface area contributed by atoms with Crippen LogP contribution in [0.3, 0.4) is 0 Å². The molecule has 1 saturated heterocycles. The lowest BCUT2D eigenvalue weighted by atomic mass is 10.0. The zero-order valence-electron chi connectivity index (χ0n) is 11.6. The Balaban J connectivity index is 2.02. The molecule has 112 valence electrons. The quantitative estimate of drug-likeness (QED) is 0.926. The van der Waals surface area contributed by atoms with E-state index >= 15 is 0 Å². The molecule has 0 saturated carbocycles. The van der Waals surface area contributed by atoms with Crippen molar-refractivity contribution in [2.75, 3.05) is 11.4 Å². The Hall–Kier alpha value is -2.52. The third-order valence-electron chi connectivity index (χ3n) is 3.79. The standard InChI is InChI=1S/C16H13F2N3O/c17-10-1-2-15(18)14(5-10)16-7-13(22)9-21(16)12-3-4-20-11(6-12)8-19/h1-6,13,16,22H,7,9H2/t13-,16-/m1/s1. The summed E-state index contributed by atoms with van der Waals surface area (Å²) in [5.74, 6) is -1.04. The van der Waals surface area contributed by atoms with Crippen molar-refractivity contribution in [3.05, 3.63) is 59.4 Å². The van der Waals surface area contributed by atoms with Crippen LogP contribution in [0.5, 0.6) is 0 Å². The van der Waals surface area contributed by atoms with E-state index in [4.69, 9.17) is 5.26 Å². The molecule has 1 N–H and O–H groups in total. The van der Waals surface area contributed by atoms with Crippen molar-refractivity contribution >= 4 is 5.69 Å². The Kier molecular flexibility index (Phi) is 3.73. The maximum Gasteiger partial charge on any atom is 0.142 e. The second-order valence-corrected chi connectivity index (χ2v) is 5.23. The Morgan fingerprint density at radius 3 is 2.86 bits per heavy atom. The first-order valence-electron chi connectivity index (χ1n) is 6.84. The number of nitrogens with zero attached hydrogens (tertiary/aromatic N) is 3. The molecule has 1 fully saturated rings. The highest BCUT2D eigenvalue weighted by molar-refractivity contribution is 5.52. The van der Waals surface area contributed by atoms with Crippen molar-refractivity contribution in [2.45, 2.75) is 18.6 Å². The fraction of sp³-hybridized carbons (Fsp3) is 0.250. The highest BCUT2D eigenvalue weighted by Gasteiger charge is 2.34. The number of hydrogen-bond donors (Lipinski definition) is 1. The number of anilines is 1. The van der Waals surface area contributed by atoms with Crippen LogP contribution in [0.15, 0.2) is 36.5 Å². The normalized spacial score (nSPS) is 20.9. The Labute approximate surface area is 126 Å². The molecule has 0 spiro atoms. The molecule has 3 rings (SSSR count). The van der Waals surface area contributed by atoms with E-state index in [1.54, 1.807) is 17.0 Å². The Morgan fingerprint density at radius 1 is 1.27 bits per heavy atom. The van der Waals surface area contributed by atoms with Gasteiger partial charge >= 0.3 is 0 Å². The predicted octanol–water partition coefficient (Wildman–Crippen LogP) is 2.54. The molecule has 2 heterocycles. The molecule has 0 radical (unpaired) electrons. The number of β-amino-alcohol motifs (C(OH)–C–C–N with tert-alkyl or cyclic N) is 1. The number of pyridine rings is 1. The van der Waals surface area contributed by atoms with E-state index < -0.39 is 23.8 Å². The van der Waals surface area contributed by atoms with Crippen LogP contribution in [-0.2, 0) is 0 Å². The van der Waals surface area contributed by atoms with Gasteiger partial charge < -0.3 is 10.0 Å². The summed E-state index contributed by atoms with van der Waals surface area (Å²) in [6.07, 6.45) is 1.13. The number of aliphatic hydroxyl groups is 1. The summed E-state index contributed by atoms with van der Waals surface area (Å²) in [4.78, 5) is 5.66. The monoisotopic (exact) mass is 301 g/mol. The molecular weight excluding hydrogens is 288 g/mol. The number of rotatable bonds is 2. The summed E-state index contributed by atoms with van der Waals surface area (Å²) in [7, 11) is 0. The van der Waals surface area contributed by atoms with Crippen LogP contribution in [0.25, 0.3) is 0 Å². The first-order chi connectivity index (χ1) is 10.6. The van der Waals surface area contributed by atoms with Gasteiger partial charge in [0.05, 0.1) is 12.1 Å². The summed E-state index contributed by atoms with van der Waals surface area (Å²) in [5, 5.41) is 18.9.